The first-order chi connectivity index (χ1) is 10.1. The molecule has 3 nitrogen and oxygen atoms in total. The minimum absolute atomic E-state index is 0.152. The maximum absolute atomic E-state index is 12.5. The van der Waals surface area contributed by atoms with Crippen LogP contribution in [0.15, 0.2) is 46.9 Å². The Morgan fingerprint density at radius 2 is 2.05 bits per heavy atom. The minimum atomic E-state index is -0.567. The quantitative estimate of drug-likeness (QED) is 0.878. The highest BCUT2D eigenvalue weighted by molar-refractivity contribution is 9.10. The Morgan fingerprint density at radius 1 is 1.29 bits per heavy atom. The molecule has 0 saturated carbocycles. The van der Waals surface area contributed by atoms with Crippen LogP contribution in [0.1, 0.15) is 33.1 Å². The summed E-state index contributed by atoms with van der Waals surface area (Å²) in [6, 6.07) is 13.1. The molecule has 2 aromatic rings. The van der Waals surface area contributed by atoms with Crippen LogP contribution in [0.4, 0.5) is 0 Å². The lowest BCUT2D eigenvalue weighted by Gasteiger charge is -2.18. The van der Waals surface area contributed by atoms with Crippen LogP contribution in [0.3, 0.4) is 0 Å². The third kappa shape index (κ3) is 2.74. The van der Waals surface area contributed by atoms with Crippen molar-refractivity contribution in [3.8, 4) is 0 Å². The van der Waals surface area contributed by atoms with Gasteiger partial charge in [-0.2, -0.15) is 0 Å². The van der Waals surface area contributed by atoms with E-state index in [9.17, 15) is 9.90 Å². The molecule has 0 unspecified atom stereocenters. The third-order valence-electron chi connectivity index (χ3n) is 3.92. The van der Waals surface area contributed by atoms with Crippen molar-refractivity contribution in [2.24, 2.45) is 0 Å². The molecule has 1 aliphatic rings. The summed E-state index contributed by atoms with van der Waals surface area (Å²) in [5, 5.41) is 13.2. The van der Waals surface area contributed by atoms with E-state index in [0.717, 1.165) is 21.2 Å². The van der Waals surface area contributed by atoms with Gasteiger partial charge < -0.3 is 10.4 Å². The number of hydrogen-bond acceptors (Lipinski definition) is 2. The van der Waals surface area contributed by atoms with Gasteiger partial charge in [0, 0.05) is 16.5 Å². The summed E-state index contributed by atoms with van der Waals surface area (Å²) in [6.45, 7) is 1.90. The fourth-order valence-corrected chi connectivity index (χ4v) is 3.32. The average Bonchev–Trinajstić information content (AvgIpc) is 2.75. The Bertz CT molecular complexity index is 699. The SMILES string of the molecule is Cc1cc(Br)ccc1C(=O)N[C@@H]1c2ccccc2C[C@@H]1O. The molecule has 0 saturated heterocycles. The fourth-order valence-electron chi connectivity index (χ4n) is 2.85. The van der Waals surface area contributed by atoms with Gasteiger partial charge in [-0.1, -0.05) is 40.2 Å². The average molecular weight is 346 g/mol. The van der Waals surface area contributed by atoms with E-state index in [4.69, 9.17) is 0 Å². The van der Waals surface area contributed by atoms with Gasteiger partial charge in [0.25, 0.3) is 5.91 Å². The van der Waals surface area contributed by atoms with Gasteiger partial charge in [-0.3, -0.25) is 4.79 Å². The van der Waals surface area contributed by atoms with Gasteiger partial charge in [-0.15, -0.1) is 0 Å². The number of amides is 1. The van der Waals surface area contributed by atoms with Crippen molar-refractivity contribution >= 4 is 21.8 Å². The number of nitrogens with one attached hydrogen (secondary N) is 1. The largest absolute Gasteiger partial charge is 0.390 e. The van der Waals surface area contributed by atoms with Crippen molar-refractivity contribution in [3.05, 3.63) is 69.2 Å². The second-order valence-electron chi connectivity index (χ2n) is 5.38. The first-order valence-corrected chi connectivity index (χ1v) is 7.68. The molecule has 2 N–H and O–H groups in total. The van der Waals surface area contributed by atoms with Crippen LogP contribution >= 0.6 is 15.9 Å². The predicted molar refractivity (Wildman–Crippen MR) is 85.2 cm³/mol. The third-order valence-corrected chi connectivity index (χ3v) is 4.42. The highest BCUT2D eigenvalue weighted by Crippen LogP contribution is 2.31. The van der Waals surface area contributed by atoms with Gasteiger partial charge in [0.1, 0.15) is 0 Å². The number of aliphatic hydroxyl groups excluding tert-OH is 1. The molecule has 0 bridgehead atoms. The number of rotatable bonds is 2. The van der Waals surface area contributed by atoms with E-state index in [0.29, 0.717) is 12.0 Å². The molecule has 1 amide bonds. The monoisotopic (exact) mass is 345 g/mol. The smallest absolute Gasteiger partial charge is 0.252 e. The van der Waals surface area contributed by atoms with Crippen molar-refractivity contribution in [2.75, 3.05) is 0 Å². The van der Waals surface area contributed by atoms with Crippen molar-refractivity contribution in [3.63, 3.8) is 0 Å². The van der Waals surface area contributed by atoms with Gasteiger partial charge in [0.2, 0.25) is 0 Å². The minimum Gasteiger partial charge on any atom is -0.390 e. The van der Waals surface area contributed by atoms with Crippen molar-refractivity contribution < 1.29 is 9.90 Å². The Balaban J connectivity index is 1.85. The predicted octanol–water partition coefficient (Wildman–Crippen LogP) is 3.15. The summed E-state index contributed by atoms with van der Waals surface area (Å²) in [5.74, 6) is -0.152. The number of halogens is 1. The van der Waals surface area contributed by atoms with Crippen molar-refractivity contribution in [2.45, 2.75) is 25.5 Å². The zero-order valence-corrected chi connectivity index (χ0v) is 13.2. The Hall–Kier alpha value is -1.65. The van der Waals surface area contributed by atoms with Gasteiger partial charge in [-0.05, 0) is 41.8 Å². The number of carbonyl (C=O) groups excluding carboxylic acids is 1. The second kappa shape index (κ2) is 5.62. The normalized spacial score (nSPS) is 20.1. The van der Waals surface area contributed by atoms with Gasteiger partial charge in [-0.25, -0.2) is 0 Å². The number of hydrogen-bond donors (Lipinski definition) is 2. The van der Waals surface area contributed by atoms with Crippen LogP contribution in [-0.2, 0) is 6.42 Å². The van der Waals surface area contributed by atoms with Crippen LogP contribution in [0.25, 0.3) is 0 Å². The Kier molecular flexibility index (Phi) is 3.83. The number of aryl methyl sites for hydroxylation is 1. The zero-order chi connectivity index (χ0) is 15.0. The molecule has 108 valence electrons. The van der Waals surface area contributed by atoms with E-state index >= 15 is 0 Å². The molecule has 0 radical (unpaired) electrons. The van der Waals surface area contributed by atoms with Crippen LogP contribution in [0, 0.1) is 6.92 Å². The summed E-state index contributed by atoms with van der Waals surface area (Å²) in [7, 11) is 0. The molecule has 0 fully saturated rings. The lowest BCUT2D eigenvalue weighted by Crippen LogP contribution is -2.34. The first-order valence-electron chi connectivity index (χ1n) is 6.89. The number of carbonyl (C=O) groups is 1. The topological polar surface area (TPSA) is 49.3 Å². The van der Waals surface area contributed by atoms with E-state index < -0.39 is 6.10 Å². The van der Waals surface area contributed by atoms with E-state index in [2.05, 4.69) is 21.2 Å². The number of benzene rings is 2. The maximum atomic E-state index is 12.5. The first kappa shape index (κ1) is 14.3. The molecule has 0 heterocycles. The highest BCUT2D eigenvalue weighted by Gasteiger charge is 2.32. The lowest BCUT2D eigenvalue weighted by atomic mass is 10.1. The van der Waals surface area contributed by atoms with E-state index in [-0.39, 0.29) is 11.9 Å². The molecule has 2 atom stereocenters. The van der Waals surface area contributed by atoms with Crippen molar-refractivity contribution in [1.82, 2.24) is 5.32 Å². The fraction of sp³-hybridized carbons (Fsp3) is 0.235. The second-order valence-corrected chi connectivity index (χ2v) is 6.30. The van der Waals surface area contributed by atoms with Crippen LogP contribution in [-0.4, -0.2) is 17.1 Å². The van der Waals surface area contributed by atoms with Gasteiger partial charge in [0.15, 0.2) is 0 Å². The van der Waals surface area contributed by atoms with Gasteiger partial charge in [0.05, 0.1) is 12.1 Å². The van der Waals surface area contributed by atoms with Gasteiger partial charge >= 0.3 is 0 Å². The molecular formula is C17H16BrNO2. The Morgan fingerprint density at radius 3 is 2.81 bits per heavy atom. The molecule has 4 heteroatoms. The standard InChI is InChI=1S/C17H16BrNO2/c1-10-8-12(18)6-7-13(10)17(21)19-16-14-5-3-2-4-11(14)9-15(16)20/h2-8,15-16,20H,9H2,1H3,(H,19,21)/t15-,16+/m0/s1. The summed E-state index contributed by atoms with van der Waals surface area (Å²) >= 11 is 3.39. The highest BCUT2D eigenvalue weighted by atomic mass is 79.9. The number of fused-ring (bicyclic) bond motifs is 1. The van der Waals surface area contributed by atoms with Crippen molar-refractivity contribution in [1.29, 1.82) is 0 Å². The summed E-state index contributed by atoms with van der Waals surface area (Å²) < 4.78 is 0.947. The summed E-state index contributed by atoms with van der Waals surface area (Å²) in [4.78, 5) is 12.5. The molecular weight excluding hydrogens is 330 g/mol. The number of aliphatic hydroxyl groups is 1. The van der Waals surface area contributed by atoms with Crippen LogP contribution < -0.4 is 5.32 Å². The molecule has 1 aliphatic carbocycles. The molecule has 2 aromatic carbocycles. The van der Waals surface area contributed by atoms with E-state index in [1.807, 2.05) is 43.3 Å². The molecule has 3 rings (SSSR count). The molecule has 0 aromatic heterocycles. The van der Waals surface area contributed by atoms with E-state index in [1.54, 1.807) is 6.07 Å². The Labute approximate surface area is 132 Å². The summed E-state index contributed by atoms with van der Waals surface area (Å²) in [6.07, 6.45) is 0.0163. The molecule has 0 aliphatic heterocycles. The zero-order valence-electron chi connectivity index (χ0n) is 11.6. The van der Waals surface area contributed by atoms with Crippen LogP contribution in [0.5, 0.6) is 0 Å². The maximum Gasteiger partial charge on any atom is 0.252 e. The molecule has 21 heavy (non-hydrogen) atoms. The van der Waals surface area contributed by atoms with E-state index in [1.165, 1.54) is 0 Å². The summed E-state index contributed by atoms with van der Waals surface area (Å²) in [5.41, 5.74) is 3.65. The molecule has 0 spiro atoms. The lowest BCUT2D eigenvalue weighted by molar-refractivity contribution is 0.0857. The van der Waals surface area contributed by atoms with Crippen LogP contribution in [0.2, 0.25) is 0 Å².